The number of nitrogens with one attached hydrogen (secondary N) is 2. The van der Waals surface area contributed by atoms with Gasteiger partial charge in [0, 0.05) is 36.9 Å². The quantitative estimate of drug-likeness (QED) is 0.730. The molecule has 4 rings (SSSR count). The predicted octanol–water partition coefficient (Wildman–Crippen LogP) is 3.88. The normalized spacial score (nSPS) is 26.5. The van der Waals surface area contributed by atoms with Gasteiger partial charge in [0.15, 0.2) is 0 Å². The van der Waals surface area contributed by atoms with Gasteiger partial charge in [0.25, 0.3) is 0 Å². The van der Waals surface area contributed by atoms with Gasteiger partial charge < -0.3 is 15.0 Å². The number of aliphatic imine (C=N–C) groups is 1. The first-order valence-electron chi connectivity index (χ1n) is 10.7. The minimum atomic E-state index is -4.51. The van der Waals surface area contributed by atoms with E-state index < -0.39 is 17.8 Å². The maximum Gasteiger partial charge on any atom is 0.416 e. The standard InChI is InChI=1S/C22H26F3N5O2/c1-3-4-7-27-20-17(12-32-21(31)29-20)13(2)18-8-14(22(23,24)25)9-19(28-18)30-15-5-6-16(30)11-26-10-15/h4,7-9,15-16,26H,3,5-6,10-12H2,1-2H3,(H,27,29,31)/b7-4+,17-13+. The zero-order valence-electron chi connectivity index (χ0n) is 18.0. The maximum atomic E-state index is 13.8. The number of hydrogen-bond acceptors (Lipinski definition) is 6. The van der Waals surface area contributed by atoms with Crippen molar-refractivity contribution in [2.75, 3.05) is 24.6 Å². The number of anilines is 1. The van der Waals surface area contributed by atoms with Crippen LogP contribution in [0, 0.1) is 0 Å². The summed E-state index contributed by atoms with van der Waals surface area (Å²) in [7, 11) is 0. The summed E-state index contributed by atoms with van der Waals surface area (Å²) in [5, 5.41) is 5.87. The third-order valence-corrected chi connectivity index (χ3v) is 6.02. The van der Waals surface area contributed by atoms with Gasteiger partial charge in [0.1, 0.15) is 18.3 Å². The minimum absolute atomic E-state index is 0.0946. The number of cyclic esters (lactones) is 1. The van der Waals surface area contributed by atoms with Crippen molar-refractivity contribution in [3.8, 4) is 0 Å². The lowest BCUT2D eigenvalue weighted by Gasteiger charge is -2.36. The Balaban J connectivity index is 1.80. The van der Waals surface area contributed by atoms with E-state index in [0.29, 0.717) is 17.0 Å². The Morgan fingerprint density at radius 1 is 1.31 bits per heavy atom. The molecule has 3 aliphatic rings. The lowest BCUT2D eigenvalue weighted by Crippen LogP contribution is -2.52. The predicted molar refractivity (Wildman–Crippen MR) is 115 cm³/mol. The molecule has 7 nitrogen and oxygen atoms in total. The van der Waals surface area contributed by atoms with Crippen LogP contribution in [0.2, 0.25) is 0 Å². The highest BCUT2D eigenvalue weighted by atomic mass is 19.4. The second-order valence-corrected chi connectivity index (χ2v) is 8.12. The number of halogens is 3. The van der Waals surface area contributed by atoms with Gasteiger partial charge in [0.05, 0.1) is 11.3 Å². The molecule has 3 fully saturated rings. The summed E-state index contributed by atoms with van der Waals surface area (Å²) in [5.74, 6) is 0.584. The molecule has 3 aliphatic heterocycles. The van der Waals surface area contributed by atoms with Crippen molar-refractivity contribution in [3.05, 3.63) is 41.2 Å². The second-order valence-electron chi connectivity index (χ2n) is 8.12. The maximum absolute atomic E-state index is 13.8. The first-order valence-corrected chi connectivity index (χ1v) is 10.7. The Hall–Kier alpha value is -2.88. The van der Waals surface area contributed by atoms with Gasteiger partial charge in [-0.3, -0.25) is 5.32 Å². The van der Waals surface area contributed by atoms with E-state index in [0.717, 1.165) is 44.5 Å². The van der Waals surface area contributed by atoms with Crippen molar-refractivity contribution in [2.24, 2.45) is 4.99 Å². The number of pyridine rings is 1. The molecule has 1 aromatic rings. The number of aromatic nitrogens is 1. The summed E-state index contributed by atoms with van der Waals surface area (Å²) >= 11 is 0. The molecule has 0 spiro atoms. The lowest BCUT2D eigenvalue weighted by atomic mass is 10.0. The monoisotopic (exact) mass is 449 g/mol. The molecule has 2 N–H and O–H groups in total. The van der Waals surface area contributed by atoms with Gasteiger partial charge in [-0.1, -0.05) is 13.0 Å². The fourth-order valence-electron chi connectivity index (χ4n) is 4.35. The molecule has 10 heteroatoms. The van der Waals surface area contributed by atoms with Crippen molar-refractivity contribution in [1.29, 1.82) is 0 Å². The van der Waals surface area contributed by atoms with E-state index in [1.807, 2.05) is 17.9 Å². The van der Waals surface area contributed by atoms with Crippen molar-refractivity contribution in [3.63, 3.8) is 0 Å². The number of ether oxygens (including phenoxy) is 1. The number of fused-ring (bicyclic) bond motifs is 2. The number of amides is 1. The molecule has 2 bridgehead atoms. The number of rotatable bonds is 4. The molecule has 4 heterocycles. The summed E-state index contributed by atoms with van der Waals surface area (Å²) in [6, 6.07) is 2.43. The number of nitrogens with zero attached hydrogens (tertiary/aromatic N) is 3. The Bertz CT molecular complexity index is 970. The molecule has 3 saturated heterocycles. The Kier molecular flexibility index (Phi) is 6.23. The number of carbonyl (C=O) groups is 1. The van der Waals surface area contributed by atoms with Crippen molar-refractivity contribution >= 4 is 23.3 Å². The number of allylic oxidation sites excluding steroid dienone is 2. The topological polar surface area (TPSA) is 78.8 Å². The third-order valence-electron chi connectivity index (χ3n) is 6.02. The molecule has 172 valence electrons. The van der Waals surface area contributed by atoms with Crippen LogP contribution in [0.1, 0.15) is 44.4 Å². The first kappa shape index (κ1) is 22.3. The SMILES string of the molecule is CC/C=C/N=C1\NC(=O)OC\C1=C(\C)c1cc(C(F)(F)F)cc(N2C3CCC2CNC3)n1. The van der Waals surface area contributed by atoms with Crippen LogP contribution in [0.5, 0.6) is 0 Å². The van der Waals surface area contributed by atoms with Crippen LogP contribution in [0.15, 0.2) is 35.0 Å². The molecular formula is C22H26F3N5O2. The van der Waals surface area contributed by atoms with Crippen LogP contribution in [-0.2, 0) is 10.9 Å². The molecule has 2 atom stereocenters. The number of amidine groups is 1. The highest BCUT2D eigenvalue weighted by Crippen LogP contribution is 2.37. The zero-order valence-corrected chi connectivity index (χ0v) is 18.0. The highest BCUT2D eigenvalue weighted by Gasteiger charge is 2.39. The van der Waals surface area contributed by atoms with E-state index in [1.54, 1.807) is 13.1 Å². The number of carbonyl (C=O) groups excluding carboxylic acids is 1. The van der Waals surface area contributed by atoms with E-state index in [2.05, 4.69) is 20.6 Å². The van der Waals surface area contributed by atoms with Crippen molar-refractivity contribution < 1.29 is 22.7 Å². The van der Waals surface area contributed by atoms with Crippen molar-refractivity contribution in [2.45, 2.75) is 51.4 Å². The number of alkyl carbamates (subject to hydrolysis) is 1. The second kappa shape index (κ2) is 8.93. The number of hydrogen-bond donors (Lipinski definition) is 2. The lowest BCUT2D eigenvalue weighted by molar-refractivity contribution is -0.137. The number of piperazine rings is 1. The van der Waals surface area contributed by atoms with Crippen LogP contribution in [0.3, 0.4) is 0 Å². The van der Waals surface area contributed by atoms with E-state index in [1.165, 1.54) is 0 Å². The third kappa shape index (κ3) is 4.50. The van der Waals surface area contributed by atoms with E-state index in [4.69, 9.17) is 4.74 Å². The molecule has 0 aliphatic carbocycles. The Labute approximate surface area is 184 Å². The van der Waals surface area contributed by atoms with Gasteiger partial charge in [-0.15, -0.1) is 0 Å². The molecule has 0 radical (unpaired) electrons. The van der Waals surface area contributed by atoms with Gasteiger partial charge >= 0.3 is 12.3 Å². The molecule has 2 unspecified atom stereocenters. The Morgan fingerprint density at radius 3 is 2.69 bits per heavy atom. The van der Waals surface area contributed by atoms with E-state index in [-0.39, 0.29) is 30.2 Å². The summed E-state index contributed by atoms with van der Waals surface area (Å²) < 4.78 is 46.4. The molecule has 1 amide bonds. The molecular weight excluding hydrogens is 423 g/mol. The fourth-order valence-corrected chi connectivity index (χ4v) is 4.35. The minimum Gasteiger partial charge on any atom is -0.444 e. The summed E-state index contributed by atoms with van der Waals surface area (Å²) in [5.41, 5.74) is 0.407. The molecule has 0 saturated carbocycles. The largest absolute Gasteiger partial charge is 0.444 e. The Morgan fingerprint density at radius 2 is 2.03 bits per heavy atom. The van der Waals surface area contributed by atoms with Gasteiger partial charge in [0.2, 0.25) is 0 Å². The van der Waals surface area contributed by atoms with Crippen LogP contribution in [0.25, 0.3) is 5.57 Å². The molecule has 1 aromatic heterocycles. The van der Waals surface area contributed by atoms with Crippen LogP contribution < -0.4 is 15.5 Å². The van der Waals surface area contributed by atoms with Gasteiger partial charge in [-0.2, -0.15) is 13.2 Å². The average molecular weight is 449 g/mol. The fraction of sp³-hybridized carbons (Fsp3) is 0.500. The summed E-state index contributed by atoms with van der Waals surface area (Å²) in [6.07, 6.45) is 0.796. The van der Waals surface area contributed by atoms with Crippen LogP contribution in [-0.4, -0.2) is 48.7 Å². The van der Waals surface area contributed by atoms with Crippen molar-refractivity contribution in [1.82, 2.24) is 15.6 Å². The molecule has 32 heavy (non-hydrogen) atoms. The van der Waals surface area contributed by atoms with E-state index in [9.17, 15) is 18.0 Å². The first-order chi connectivity index (χ1) is 15.3. The van der Waals surface area contributed by atoms with Crippen LogP contribution in [0.4, 0.5) is 23.8 Å². The van der Waals surface area contributed by atoms with Gasteiger partial charge in [-0.05, 0) is 43.9 Å². The van der Waals surface area contributed by atoms with Crippen LogP contribution >= 0.6 is 0 Å². The average Bonchev–Trinajstić information content (AvgIpc) is 3.01. The zero-order chi connectivity index (χ0) is 22.9. The van der Waals surface area contributed by atoms with E-state index >= 15 is 0 Å². The smallest absolute Gasteiger partial charge is 0.416 e. The summed E-state index contributed by atoms with van der Waals surface area (Å²) in [6.45, 7) is 4.98. The van der Waals surface area contributed by atoms with Gasteiger partial charge in [-0.25, -0.2) is 14.8 Å². The molecule has 0 aromatic carbocycles. The number of alkyl halides is 3. The summed E-state index contributed by atoms with van der Waals surface area (Å²) in [4.78, 5) is 22.6. The highest BCUT2D eigenvalue weighted by molar-refractivity contribution is 6.12.